The van der Waals surface area contributed by atoms with Gasteiger partial charge in [-0.3, -0.25) is 0 Å². The van der Waals surface area contributed by atoms with Gasteiger partial charge in [-0.25, -0.2) is 13.1 Å². The molecule has 0 aliphatic heterocycles. The highest BCUT2D eigenvalue weighted by Gasteiger charge is 2.64. The van der Waals surface area contributed by atoms with Gasteiger partial charge in [-0.15, -0.1) is 0 Å². The fourth-order valence-corrected chi connectivity index (χ4v) is 7.27. The summed E-state index contributed by atoms with van der Waals surface area (Å²) in [6, 6.07) is 13.9. The number of sulfonamides is 1. The predicted molar refractivity (Wildman–Crippen MR) is 104 cm³/mol. The van der Waals surface area contributed by atoms with E-state index < -0.39 is 21.5 Å². The van der Waals surface area contributed by atoms with Crippen LogP contribution in [0.1, 0.15) is 38.7 Å². The summed E-state index contributed by atoms with van der Waals surface area (Å²) >= 11 is 0. The summed E-state index contributed by atoms with van der Waals surface area (Å²) in [6.07, 6.45) is 2.01. The Balaban J connectivity index is 1.55. The predicted octanol–water partition coefficient (Wildman–Crippen LogP) is 3.45. The Morgan fingerprint density at radius 2 is 1.88 bits per heavy atom. The molecule has 0 amide bonds. The summed E-state index contributed by atoms with van der Waals surface area (Å²) in [6.45, 7) is 4.53. The van der Waals surface area contributed by atoms with Crippen LogP contribution in [0, 0.1) is 16.7 Å². The second-order valence-electron chi connectivity index (χ2n) is 8.58. The molecule has 140 valence electrons. The fraction of sp³-hybridized carbons (Fsp3) is 0.524. The lowest BCUT2D eigenvalue weighted by Gasteiger charge is -2.40. The quantitative estimate of drug-likeness (QED) is 0.844. The Morgan fingerprint density at radius 1 is 1.15 bits per heavy atom. The third-order valence-corrected chi connectivity index (χ3v) is 8.68. The molecule has 2 saturated carbocycles. The van der Waals surface area contributed by atoms with E-state index in [-0.39, 0.29) is 17.7 Å². The number of hydrogen-bond donors (Lipinski definition) is 2. The molecule has 0 aromatic heterocycles. The van der Waals surface area contributed by atoms with Crippen molar-refractivity contribution in [2.75, 3.05) is 5.75 Å². The Morgan fingerprint density at radius 3 is 2.58 bits per heavy atom. The van der Waals surface area contributed by atoms with Gasteiger partial charge in [-0.05, 0) is 46.9 Å². The van der Waals surface area contributed by atoms with Gasteiger partial charge in [-0.2, -0.15) is 0 Å². The number of benzene rings is 2. The molecule has 2 fully saturated rings. The van der Waals surface area contributed by atoms with Crippen LogP contribution < -0.4 is 4.72 Å². The number of rotatable bonds is 5. The van der Waals surface area contributed by atoms with E-state index in [0.717, 1.165) is 35.6 Å². The van der Waals surface area contributed by atoms with Crippen molar-refractivity contribution >= 4 is 20.8 Å². The molecule has 2 aromatic rings. The van der Waals surface area contributed by atoms with Gasteiger partial charge < -0.3 is 5.11 Å². The van der Waals surface area contributed by atoms with Crippen molar-refractivity contribution in [1.29, 1.82) is 0 Å². The number of aliphatic hydroxyl groups excluding tert-OH is 1. The van der Waals surface area contributed by atoms with E-state index >= 15 is 0 Å². The number of aliphatic hydroxyl groups is 1. The SMILES string of the molecule is CC1(C)[C@@H]2CC[C@@]1(CS(=O)(=O)NCc1cccc3ccccc13)[C@@H](O)C2. The molecule has 4 rings (SSSR count). The molecule has 3 atom stereocenters. The molecule has 2 aliphatic rings. The van der Waals surface area contributed by atoms with Crippen molar-refractivity contribution < 1.29 is 13.5 Å². The van der Waals surface area contributed by atoms with Crippen molar-refractivity contribution in [2.45, 2.75) is 45.8 Å². The van der Waals surface area contributed by atoms with Gasteiger partial charge in [0.1, 0.15) is 0 Å². The molecule has 5 heteroatoms. The van der Waals surface area contributed by atoms with Gasteiger partial charge in [0.25, 0.3) is 0 Å². The summed E-state index contributed by atoms with van der Waals surface area (Å²) in [5.41, 5.74) is 0.308. The first kappa shape index (κ1) is 18.0. The first-order valence-corrected chi connectivity index (χ1v) is 11.0. The molecule has 2 aromatic carbocycles. The molecule has 0 unspecified atom stereocenters. The monoisotopic (exact) mass is 373 g/mol. The van der Waals surface area contributed by atoms with Crippen LogP contribution in [0.4, 0.5) is 0 Å². The standard InChI is InChI=1S/C21H27NO3S/c1-20(2)17-10-11-21(20,19(23)12-17)14-26(24,25)22-13-16-8-5-7-15-6-3-4-9-18(15)16/h3-9,17,19,22-23H,10-14H2,1-2H3/t17-,19+,21-/m1/s1. The first-order chi connectivity index (χ1) is 12.3. The van der Waals surface area contributed by atoms with Crippen LogP contribution in [-0.2, 0) is 16.6 Å². The van der Waals surface area contributed by atoms with Crippen LogP contribution in [0.3, 0.4) is 0 Å². The molecule has 0 radical (unpaired) electrons. The lowest BCUT2D eigenvalue weighted by molar-refractivity contribution is 0.0152. The fourth-order valence-electron chi connectivity index (χ4n) is 5.40. The van der Waals surface area contributed by atoms with E-state index in [4.69, 9.17) is 0 Å². The maximum absolute atomic E-state index is 12.9. The summed E-state index contributed by atoms with van der Waals surface area (Å²) in [5.74, 6) is 0.431. The number of nitrogens with one attached hydrogen (secondary N) is 1. The minimum atomic E-state index is -3.49. The Labute approximate surface area is 155 Å². The molecule has 2 aliphatic carbocycles. The largest absolute Gasteiger partial charge is 0.392 e. The third kappa shape index (κ3) is 2.68. The van der Waals surface area contributed by atoms with E-state index in [0.29, 0.717) is 5.92 Å². The van der Waals surface area contributed by atoms with E-state index in [1.165, 1.54) is 0 Å². The van der Waals surface area contributed by atoms with Gasteiger partial charge in [0.15, 0.2) is 0 Å². The molecule has 4 nitrogen and oxygen atoms in total. The van der Waals surface area contributed by atoms with Crippen LogP contribution >= 0.6 is 0 Å². The van der Waals surface area contributed by atoms with Crippen molar-refractivity contribution in [2.24, 2.45) is 16.7 Å². The summed E-state index contributed by atoms with van der Waals surface area (Å²) in [4.78, 5) is 0. The number of hydrogen-bond acceptors (Lipinski definition) is 3. The van der Waals surface area contributed by atoms with Gasteiger partial charge in [0, 0.05) is 12.0 Å². The van der Waals surface area contributed by atoms with Crippen molar-refractivity contribution in [3.63, 3.8) is 0 Å². The Kier molecular flexibility index (Phi) is 4.17. The van der Waals surface area contributed by atoms with Crippen molar-refractivity contribution in [1.82, 2.24) is 4.72 Å². The second-order valence-corrected chi connectivity index (χ2v) is 10.4. The zero-order chi connectivity index (χ0) is 18.6. The van der Waals surface area contributed by atoms with Gasteiger partial charge in [-0.1, -0.05) is 56.3 Å². The summed E-state index contributed by atoms with van der Waals surface area (Å²) in [7, 11) is -3.49. The van der Waals surface area contributed by atoms with E-state index in [2.05, 4.69) is 18.6 Å². The molecule has 0 spiro atoms. The number of fused-ring (bicyclic) bond motifs is 3. The van der Waals surface area contributed by atoms with Gasteiger partial charge in [0.2, 0.25) is 10.0 Å². The summed E-state index contributed by atoms with van der Waals surface area (Å²) in [5, 5.41) is 12.8. The Hall–Kier alpha value is -1.43. The van der Waals surface area contributed by atoms with Crippen LogP contribution in [0.5, 0.6) is 0 Å². The lowest BCUT2D eigenvalue weighted by Crippen LogP contribution is -2.47. The Bertz CT molecular complexity index is 932. The second kappa shape index (κ2) is 6.04. The minimum Gasteiger partial charge on any atom is -0.392 e. The maximum Gasteiger partial charge on any atom is 0.212 e. The topological polar surface area (TPSA) is 66.4 Å². The van der Waals surface area contributed by atoms with E-state index in [1.54, 1.807) is 0 Å². The molecule has 0 heterocycles. The van der Waals surface area contributed by atoms with Crippen LogP contribution in [-0.4, -0.2) is 25.4 Å². The molecule has 2 bridgehead atoms. The highest BCUT2D eigenvalue weighted by atomic mass is 32.2. The third-order valence-electron chi connectivity index (χ3n) is 7.20. The zero-order valence-corrected chi connectivity index (χ0v) is 16.2. The lowest BCUT2D eigenvalue weighted by atomic mass is 9.70. The minimum absolute atomic E-state index is 0.00936. The normalized spacial score (nSPS) is 30.1. The molecule has 26 heavy (non-hydrogen) atoms. The van der Waals surface area contributed by atoms with E-state index in [1.807, 2.05) is 42.5 Å². The van der Waals surface area contributed by atoms with Crippen molar-refractivity contribution in [3.05, 3.63) is 48.0 Å². The van der Waals surface area contributed by atoms with Crippen LogP contribution in [0.15, 0.2) is 42.5 Å². The molecular weight excluding hydrogens is 346 g/mol. The van der Waals surface area contributed by atoms with Gasteiger partial charge >= 0.3 is 0 Å². The zero-order valence-electron chi connectivity index (χ0n) is 15.4. The highest BCUT2D eigenvalue weighted by molar-refractivity contribution is 7.89. The summed E-state index contributed by atoms with van der Waals surface area (Å²) < 4.78 is 28.6. The molecular formula is C21H27NO3S. The average molecular weight is 374 g/mol. The molecule has 2 N–H and O–H groups in total. The highest BCUT2D eigenvalue weighted by Crippen LogP contribution is 2.66. The van der Waals surface area contributed by atoms with E-state index in [9.17, 15) is 13.5 Å². The van der Waals surface area contributed by atoms with Crippen molar-refractivity contribution in [3.8, 4) is 0 Å². The van der Waals surface area contributed by atoms with Crippen LogP contribution in [0.2, 0.25) is 0 Å². The smallest absolute Gasteiger partial charge is 0.212 e. The first-order valence-electron chi connectivity index (χ1n) is 9.37. The molecule has 0 saturated heterocycles. The van der Waals surface area contributed by atoms with Gasteiger partial charge in [0.05, 0.1) is 11.9 Å². The maximum atomic E-state index is 12.9. The average Bonchev–Trinajstić information content (AvgIpc) is 2.94. The van der Waals surface area contributed by atoms with Crippen LogP contribution in [0.25, 0.3) is 10.8 Å².